The smallest absolute Gasteiger partial charge is 0.272 e. The number of hydrogen-bond acceptors (Lipinski definition) is 3. The van der Waals surface area contributed by atoms with E-state index in [0.717, 1.165) is 56.6 Å². The fraction of sp³-hybridized carbons (Fsp3) is 0.524. The van der Waals surface area contributed by atoms with Gasteiger partial charge in [-0.15, -0.1) is 0 Å². The predicted octanol–water partition coefficient (Wildman–Crippen LogP) is 2.65. The van der Waals surface area contributed by atoms with Crippen molar-refractivity contribution < 1.29 is 4.79 Å². The van der Waals surface area contributed by atoms with E-state index >= 15 is 0 Å². The zero-order valence-electron chi connectivity index (χ0n) is 15.6. The van der Waals surface area contributed by atoms with Crippen LogP contribution < -0.4 is 10.6 Å². The summed E-state index contributed by atoms with van der Waals surface area (Å²) in [4.78, 5) is 12.8. The van der Waals surface area contributed by atoms with E-state index in [1.807, 2.05) is 4.68 Å². The minimum atomic E-state index is -0.0161. The molecule has 2 aliphatic rings. The fourth-order valence-electron chi connectivity index (χ4n) is 4.13. The van der Waals surface area contributed by atoms with Gasteiger partial charge in [0.05, 0.1) is 5.69 Å². The summed E-state index contributed by atoms with van der Waals surface area (Å²) in [5.74, 6) is 0.516. The van der Waals surface area contributed by atoms with Gasteiger partial charge >= 0.3 is 0 Å². The summed E-state index contributed by atoms with van der Waals surface area (Å²) in [6.45, 7) is 4.99. The van der Waals surface area contributed by atoms with E-state index in [9.17, 15) is 4.79 Å². The van der Waals surface area contributed by atoms with Crippen molar-refractivity contribution in [2.75, 3.05) is 19.6 Å². The maximum Gasteiger partial charge on any atom is 0.272 e. The van der Waals surface area contributed by atoms with E-state index in [0.29, 0.717) is 11.6 Å². The number of aromatic nitrogens is 2. The van der Waals surface area contributed by atoms with Crippen LogP contribution in [-0.2, 0) is 19.3 Å². The van der Waals surface area contributed by atoms with Gasteiger partial charge in [0, 0.05) is 17.8 Å². The molecule has 4 rings (SSSR count). The molecule has 2 heterocycles. The lowest BCUT2D eigenvalue weighted by Gasteiger charge is -2.22. The molecule has 0 bridgehead atoms. The third kappa shape index (κ3) is 3.40. The molecule has 1 fully saturated rings. The van der Waals surface area contributed by atoms with E-state index in [1.165, 1.54) is 24.1 Å². The first-order chi connectivity index (χ1) is 12.8. The highest BCUT2D eigenvalue weighted by molar-refractivity contribution is 5.94. The molecule has 5 nitrogen and oxygen atoms in total. The van der Waals surface area contributed by atoms with Gasteiger partial charge in [-0.3, -0.25) is 4.79 Å². The van der Waals surface area contributed by atoms with Crippen LogP contribution in [0.15, 0.2) is 24.3 Å². The second-order valence-electron chi connectivity index (χ2n) is 7.48. The average Bonchev–Trinajstić information content (AvgIpc) is 3.30. The molecule has 1 amide bonds. The van der Waals surface area contributed by atoms with Gasteiger partial charge in [0.25, 0.3) is 5.91 Å². The van der Waals surface area contributed by atoms with Crippen molar-refractivity contribution in [3.05, 3.63) is 46.8 Å². The summed E-state index contributed by atoms with van der Waals surface area (Å²) < 4.78 is 1.98. The lowest BCUT2D eigenvalue weighted by Crippen LogP contribution is -2.38. The number of fused-ring (bicyclic) bond motifs is 1. The van der Waals surface area contributed by atoms with Gasteiger partial charge in [0.2, 0.25) is 0 Å². The standard InChI is InChI=1S/C21H28N4O/c1-2-15-8-10-17(11-9-15)25-19-7-3-6-18(19)20(24-25)21(26)23-14-16-5-4-12-22-13-16/h8-11,16,22H,2-7,12-14H2,1H3,(H,23,26). The zero-order chi connectivity index (χ0) is 17.9. The Morgan fingerprint density at radius 3 is 2.85 bits per heavy atom. The van der Waals surface area contributed by atoms with E-state index < -0.39 is 0 Å². The SMILES string of the molecule is CCc1ccc(-n2nc(C(=O)NCC3CCCNC3)c3c2CCC3)cc1. The number of nitrogens with one attached hydrogen (secondary N) is 2. The summed E-state index contributed by atoms with van der Waals surface area (Å²) in [7, 11) is 0. The van der Waals surface area contributed by atoms with Crippen LogP contribution in [0, 0.1) is 5.92 Å². The molecule has 1 aromatic heterocycles. The molecule has 0 saturated carbocycles. The van der Waals surface area contributed by atoms with Crippen LogP contribution in [0.25, 0.3) is 5.69 Å². The number of aryl methyl sites for hydroxylation is 1. The van der Waals surface area contributed by atoms with Gasteiger partial charge in [-0.25, -0.2) is 4.68 Å². The van der Waals surface area contributed by atoms with Crippen LogP contribution in [-0.4, -0.2) is 35.3 Å². The Kier molecular flexibility index (Phi) is 5.07. The highest BCUT2D eigenvalue weighted by Crippen LogP contribution is 2.28. The van der Waals surface area contributed by atoms with Crippen molar-refractivity contribution in [3.8, 4) is 5.69 Å². The molecular formula is C21H28N4O. The predicted molar refractivity (Wildman–Crippen MR) is 103 cm³/mol. The van der Waals surface area contributed by atoms with E-state index in [-0.39, 0.29) is 5.91 Å². The highest BCUT2D eigenvalue weighted by atomic mass is 16.1. The Balaban J connectivity index is 1.53. The molecule has 1 aliphatic carbocycles. The van der Waals surface area contributed by atoms with Gasteiger partial charge in [-0.2, -0.15) is 5.10 Å². The molecule has 2 aromatic rings. The second-order valence-corrected chi connectivity index (χ2v) is 7.48. The van der Waals surface area contributed by atoms with Crippen molar-refractivity contribution in [2.45, 2.75) is 45.4 Å². The van der Waals surface area contributed by atoms with Gasteiger partial charge < -0.3 is 10.6 Å². The molecule has 1 unspecified atom stereocenters. The second kappa shape index (κ2) is 7.62. The summed E-state index contributed by atoms with van der Waals surface area (Å²) in [5, 5.41) is 11.2. The summed E-state index contributed by atoms with van der Waals surface area (Å²) in [5.41, 5.74) is 5.34. The topological polar surface area (TPSA) is 59.0 Å². The minimum absolute atomic E-state index is 0.0161. The Morgan fingerprint density at radius 2 is 2.12 bits per heavy atom. The van der Waals surface area contributed by atoms with Gasteiger partial charge in [-0.1, -0.05) is 19.1 Å². The van der Waals surface area contributed by atoms with Crippen LogP contribution in [0.4, 0.5) is 0 Å². The number of rotatable bonds is 5. The van der Waals surface area contributed by atoms with Crippen LogP contribution in [0.5, 0.6) is 0 Å². The number of benzene rings is 1. The zero-order valence-corrected chi connectivity index (χ0v) is 15.6. The van der Waals surface area contributed by atoms with Crippen molar-refractivity contribution in [1.29, 1.82) is 0 Å². The average molecular weight is 352 g/mol. The molecule has 5 heteroatoms. The number of amides is 1. The molecule has 26 heavy (non-hydrogen) atoms. The Bertz CT molecular complexity index is 772. The molecule has 0 spiro atoms. The number of piperidine rings is 1. The summed E-state index contributed by atoms with van der Waals surface area (Å²) >= 11 is 0. The van der Waals surface area contributed by atoms with E-state index in [4.69, 9.17) is 5.10 Å². The number of carbonyl (C=O) groups is 1. The number of nitrogens with zero attached hydrogens (tertiary/aromatic N) is 2. The largest absolute Gasteiger partial charge is 0.350 e. The summed E-state index contributed by atoms with van der Waals surface area (Å²) in [6.07, 6.45) is 6.46. The molecular weight excluding hydrogens is 324 g/mol. The molecule has 1 aliphatic heterocycles. The number of carbonyl (C=O) groups excluding carboxylic acids is 1. The summed E-state index contributed by atoms with van der Waals surface area (Å²) in [6, 6.07) is 8.52. The lowest BCUT2D eigenvalue weighted by atomic mass is 10.00. The first-order valence-electron chi connectivity index (χ1n) is 9.95. The van der Waals surface area contributed by atoms with Crippen molar-refractivity contribution >= 4 is 5.91 Å². The highest BCUT2D eigenvalue weighted by Gasteiger charge is 2.27. The first kappa shape index (κ1) is 17.3. The van der Waals surface area contributed by atoms with Crippen molar-refractivity contribution in [2.24, 2.45) is 5.92 Å². The molecule has 2 N–H and O–H groups in total. The van der Waals surface area contributed by atoms with Crippen molar-refractivity contribution in [1.82, 2.24) is 20.4 Å². The van der Waals surface area contributed by atoms with Gasteiger partial charge in [-0.05, 0) is 75.2 Å². The fourth-order valence-corrected chi connectivity index (χ4v) is 4.13. The molecule has 1 saturated heterocycles. The van der Waals surface area contributed by atoms with Crippen LogP contribution in [0.3, 0.4) is 0 Å². The third-order valence-electron chi connectivity index (χ3n) is 5.68. The van der Waals surface area contributed by atoms with E-state index in [1.54, 1.807) is 0 Å². The monoisotopic (exact) mass is 352 g/mol. The maximum atomic E-state index is 12.8. The molecule has 138 valence electrons. The minimum Gasteiger partial charge on any atom is -0.350 e. The molecule has 1 aromatic carbocycles. The Morgan fingerprint density at radius 1 is 1.27 bits per heavy atom. The Labute approximate surface area is 155 Å². The van der Waals surface area contributed by atoms with Gasteiger partial charge in [0.1, 0.15) is 0 Å². The third-order valence-corrected chi connectivity index (χ3v) is 5.68. The molecule has 0 radical (unpaired) electrons. The van der Waals surface area contributed by atoms with Crippen LogP contribution in [0.1, 0.15) is 53.5 Å². The quantitative estimate of drug-likeness (QED) is 0.870. The maximum absolute atomic E-state index is 12.8. The van der Waals surface area contributed by atoms with Crippen LogP contribution >= 0.6 is 0 Å². The Hall–Kier alpha value is -2.14. The number of hydrogen-bond donors (Lipinski definition) is 2. The van der Waals surface area contributed by atoms with Crippen molar-refractivity contribution in [3.63, 3.8) is 0 Å². The lowest BCUT2D eigenvalue weighted by molar-refractivity contribution is 0.0938. The van der Waals surface area contributed by atoms with E-state index in [2.05, 4.69) is 41.8 Å². The van der Waals surface area contributed by atoms with Crippen LogP contribution in [0.2, 0.25) is 0 Å². The normalized spacial score (nSPS) is 19.3. The first-order valence-corrected chi connectivity index (χ1v) is 9.95. The van der Waals surface area contributed by atoms with Gasteiger partial charge in [0.15, 0.2) is 5.69 Å². The molecule has 1 atom stereocenters.